The van der Waals surface area contributed by atoms with Gasteiger partial charge in [-0.1, -0.05) is 0 Å². The van der Waals surface area contributed by atoms with Crippen LogP contribution in [0.15, 0.2) is 32.5 Å². The first-order chi connectivity index (χ1) is 11.4. The lowest BCUT2D eigenvalue weighted by Crippen LogP contribution is -2.47. The Morgan fingerprint density at radius 1 is 1.16 bits per heavy atom. The molecule has 1 aliphatic rings. The highest BCUT2D eigenvalue weighted by Crippen LogP contribution is 2.30. The zero-order chi connectivity index (χ0) is 19.0. The Hall–Kier alpha value is -0.480. The quantitative estimate of drug-likeness (QED) is 0.684. The molecule has 1 fully saturated rings. The van der Waals surface area contributed by atoms with Gasteiger partial charge in [0.15, 0.2) is 9.84 Å². The molecule has 1 heterocycles. The molecule has 0 saturated carbocycles. The van der Waals surface area contributed by atoms with E-state index in [0.29, 0.717) is 10.5 Å². The second-order valence-electron chi connectivity index (χ2n) is 6.75. The molecule has 0 atom stereocenters. The molecule has 6 nitrogen and oxygen atoms in total. The van der Waals surface area contributed by atoms with Crippen molar-refractivity contribution in [2.75, 3.05) is 26.4 Å². The summed E-state index contributed by atoms with van der Waals surface area (Å²) in [5.74, 6) is 0. The van der Waals surface area contributed by atoms with Gasteiger partial charge in [-0.25, -0.2) is 16.8 Å². The van der Waals surface area contributed by atoms with Gasteiger partial charge in [0.25, 0.3) is 0 Å². The summed E-state index contributed by atoms with van der Waals surface area (Å²) < 4.78 is 51.4. The Balaban J connectivity index is 2.30. The van der Waals surface area contributed by atoms with E-state index in [2.05, 4.69) is 34.7 Å². The first-order valence-electron chi connectivity index (χ1n) is 8.16. The van der Waals surface area contributed by atoms with Gasteiger partial charge in [0.05, 0.1) is 9.79 Å². The van der Waals surface area contributed by atoms with Crippen molar-refractivity contribution in [3.63, 3.8) is 0 Å². The summed E-state index contributed by atoms with van der Waals surface area (Å²) in [6.45, 7) is 5.97. The Labute approximate surface area is 159 Å². The maximum atomic E-state index is 13.0. The topological polar surface area (TPSA) is 74.8 Å². The van der Waals surface area contributed by atoms with E-state index in [1.807, 2.05) is 0 Å². The van der Waals surface area contributed by atoms with Crippen LogP contribution >= 0.6 is 15.9 Å². The predicted molar refractivity (Wildman–Crippen MR) is 102 cm³/mol. The lowest BCUT2D eigenvalue weighted by molar-refractivity contribution is 0.140. The Kier molecular flexibility index (Phi) is 6.36. The van der Waals surface area contributed by atoms with Crippen LogP contribution in [0.3, 0.4) is 0 Å². The lowest BCUT2D eigenvalue weighted by Gasteiger charge is -2.38. The van der Waals surface area contributed by atoms with Gasteiger partial charge < -0.3 is 4.90 Å². The second kappa shape index (κ2) is 7.64. The van der Waals surface area contributed by atoms with Gasteiger partial charge in [0, 0.05) is 29.9 Å². The van der Waals surface area contributed by atoms with Crippen molar-refractivity contribution < 1.29 is 16.8 Å². The summed E-state index contributed by atoms with van der Waals surface area (Å²) in [6.07, 6.45) is 2.59. The van der Waals surface area contributed by atoms with Crippen LogP contribution in [0.5, 0.6) is 0 Å². The number of likely N-dealkylation sites (tertiary alicyclic amines) is 1. The number of nitrogens with zero attached hydrogens (tertiary/aromatic N) is 2. The fourth-order valence-electron chi connectivity index (χ4n) is 3.03. The third kappa shape index (κ3) is 4.63. The van der Waals surface area contributed by atoms with Crippen LogP contribution in [0.4, 0.5) is 0 Å². The number of rotatable bonds is 5. The minimum atomic E-state index is -3.79. The normalized spacial score (nSPS) is 18.2. The van der Waals surface area contributed by atoms with E-state index in [9.17, 15) is 16.8 Å². The van der Waals surface area contributed by atoms with Crippen LogP contribution in [0.25, 0.3) is 0 Å². The number of sulfonamides is 1. The van der Waals surface area contributed by atoms with Crippen LogP contribution in [0.2, 0.25) is 0 Å². The molecule has 1 aromatic rings. The van der Waals surface area contributed by atoms with Crippen LogP contribution in [0.1, 0.15) is 26.7 Å². The molecule has 0 aromatic heterocycles. The lowest BCUT2D eigenvalue weighted by atomic mass is 10.0. The van der Waals surface area contributed by atoms with Crippen LogP contribution < -0.4 is 0 Å². The van der Waals surface area contributed by atoms with E-state index >= 15 is 0 Å². The molecular formula is C16H25BrN2O4S2. The van der Waals surface area contributed by atoms with E-state index in [-0.39, 0.29) is 15.8 Å². The molecule has 1 aliphatic heterocycles. The highest BCUT2D eigenvalue weighted by Gasteiger charge is 2.33. The number of halogens is 1. The number of piperidine rings is 1. The van der Waals surface area contributed by atoms with Gasteiger partial charge in [-0.3, -0.25) is 0 Å². The Morgan fingerprint density at radius 3 is 2.20 bits per heavy atom. The predicted octanol–water partition coefficient (Wildman–Crippen LogP) is 2.35. The third-order valence-electron chi connectivity index (χ3n) is 4.73. The largest absolute Gasteiger partial charge is 0.301 e. The van der Waals surface area contributed by atoms with Crippen molar-refractivity contribution in [1.29, 1.82) is 0 Å². The number of hydrogen-bond acceptors (Lipinski definition) is 5. The van der Waals surface area contributed by atoms with Gasteiger partial charge in [-0.15, -0.1) is 0 Å². The number of sulfone groups is 1. The third-order valence-corrected chi connectivity index (χ3v) is 8.75. The highest BCUT2D eigenvalue weighted by atomic mass is 79.9. The van der Waals surface area contributed by atoms with E-state index in [1.54, 1.807) is 7.05 Å². The first-order valence-corrected chi connectivity index (χ1v) is 12.3. The summed E-state index contributed by atoms with van der Waals surface area (Å²) in [5.41, 5.74) is 0. The Bertz CT molecular complexity index is 830. The van der Waals surface area contributed by atoms with E-state index in [4.69, 9.17) is 0 Å². The van der Waals surface area contributed by atoms with Crippen molar-refractivity contribution in [2.45, 2.75) is 48.6 Å². The average Bonchev–Trinajstić information content (AvgIpc) is 2.53. The zero-order valence-corrected chi connectivity index (χ0v) is 18.2. The summed E-state index contributed by atoms with van der Waals surface area (Å²) in [6, 6.07) is 4.46. The van der Waals surface area contributed by atoms with Crippen LogP contribution in [-0.4, -0.2) is 64.5 Å². The van der Waals surface area contributed by atoms with Crippen molar-refractivity contribution in [2.24, 2.45) is 0 Å². The summed E-state index contributed by atoms with van der Waals surface area (Å²) in [7, 11) is -5.69. The minimum absolute atomic E-state index is 0.00250. The smallest absolute Gasteiger partial charge is 0.244 e. The molecule has 0 aliphatic carbocycles. The molecule has 0 radical (unpaired) electrons. The van der Waals surface area contributed by atoms with Crippen molar-refractivity contribution in [3.05, 3.63) is 22.7 Å². The van der Waals surface area contributed by atoms with Gasteiger partial charge in [0.1, 0.15) is 0 Å². The standard InChI is InChI=1S/C16H25BrN2O4S2/c1-12(2)19-9-7-13(8-10-19)18(3)25(22,23)16-11-14(24(4,20)21)5-6-15(16)17/h5-6,11-13H,7-10H2,1-4H3. The second-order valence-corrected chi connectivity index (χ2v) is 11.6. The fourth-order valence-corrected chi connectivity index (χ4v) is 6.12. The molecule has 0 spiro atoms. The minimum Gasteiger partial charge on any atom is -0.301 e. The van der Waals surface area contributed by atoms with Crippen LogP contribution in [-0.2, 0) is 19.9 Å². The molecule has 0 N–H and O–H groups in total. The molecule has 0 unspecified atom stereocenters. The monoisotopic (exact) mass is 452 g/mol. The molecule has 0 amide bonds. The SMILES string of the molecule is CC(C)N1CCC(N(C)S(=O)(=O)c2cc(S(C)(=O)=O)ccc2Br)CC1. The highest BCUT2D eigenvalue weighted by molar-refractivity contribution is 9.10. The Morgan fingerprint density at radius 2 is 1.72 bits per heavy atom. The van der Waals surface area contributed by atoms with Gasteiger partial charge in [0.2, 0.25) is 10.0 Å². The van der Waals surface area contributed by atoms with Crippen molar-refractivity contribution >= 4 is 35.8 Å². The van der Waals surface area contributed by atoms with Gasteiger partial charge in [-0.2, -0.15) is 4.31 Å². The van der Waals surface area contributed by atoms with E-state index < -0.39 is 19.9 Å². The number of benzene rings is 1. The maximum absolute atomic E-state index is 13.0. The molecular weight excluding hydrogens is 428 g/mol. The molecule has 25 heavy (non-hydrogen) atoms. The van der Waals surface area contributed by atoms with Crippen molar-refractivity contribution in [3.8, 4) is 0 Å². The fraction of sp³-hybridized carbons (Fsp3) is 0.625. The first kappa shape index (κ1) is 20.8. The summed E-state index contributed by atoms with van der Waals surface area (Å²) >= 11 is 3.25. The molecule has 1 aromatic carbocycles. The summed E-state index contributed by atoms with van der Waals surface area (Å²) in [4.78, 5) is 2.32. The maximum Gasteiger partial charge on any atom is 0.244 e. The zero-order valence-electron chi connectivity index (χ0n) is 14.9. The summed E-state index contributed by atoms with van der Waals surface area (Å²) in [5, 5.41) is 0. The van der Waals surface area contributed by atoms with Crippen LogP contribution in [0, 0.1) is 0 Å². The molecule has 0 bridgehead atoms. The van der Waals surface area contributed by atoms with Gasteiger partial charge >= 0.3 is 0 Å². The average molecular weight is 453 g/mol. The van der Waals surface area contributed by atoms with Crippen molar-refractivity contribution in [1.82, 2.24) is 9.21 Å². The van der Waals surface area contributed by atoms with Gasteiger partial charge in [-0.05, 0) is 73.9 Å². The molecule has 2 rings (SSSR count). The molecule has 9 heteroatoms. The molecule has 1 saturated heterocycles. The molecule has 142 valence electrons. The van der Waals surface area contributed by atoms with E-state index in [0.717, 1.165) is 32.2 Å². The number of hydrogen-bond donors (Lipinski definition) is 0. The van der Waals surface area contributed by atoms with E-state index in [1.165, 1.54) is 22.5 Å².